The van der Waals surface area contributed by atoms with E-state index >= 15 is 0 Å². The molecule has 0 spiro atoms. The molecule has 0 bridgehead atoms. The van der Waals surface area contributed by atoms with Gasteiger partial charge in [-0.15, -0.1) is 0 Å². The van der Waals surface area contributed by atoms with Crippen LogP contribution in [0.1, 0.15) is 24.5 Å². The van der Waals surface area contributed by atoms with Gasteiger partial charge >= 0.3 is 12.4 Å². The van der Waals surface area contributed by atoms with Gasteiger partial charge in [-0.2, -0.15) is 26.3 Å². The van der Waals surface area contributed by atoms with Gasteiger partial charge in [0.05, 0.1) is 22.9 Å². The number of amides is 1. The quantitative estimate of drug-likeness (QED) is 0.675. The van der Waals surface area contributed by atoms with Crippen LogP contribution in [0.4, 0.5) is 37.8 Å². The van der Waals surface area contributed by atoms with Crippen LogP contribution in [-0.2, 0) is 17.1 Å². The van der Waals surface area contributed by atoms with Gasteiger partial charge in [0, 0.05) is 32.4 Å². The number of hydrogen-bond acceptors (Lipinski definition) is 4. The van der Waals surface area contributed by atoms with Crippen LogP contribution in [0.5, 0.6) is 0 Å². The Morgan fingerprint density at radius 1 is 0.969 bits per heavy atom. The fourth-order valence-electron chi connectivity index (χ4n) is 3.54. The number of benzene rings is 1. The number of halogens is 6. The molecule has 0 saturated carbocycles. The third-order valence-corrected chi connectivity index (χ3v) is 5.35. The molecule has 0 aliphatic carbocycles. The van der Waals surface area contributed by atoms with Crippen molar-refractivity contribution in [3.8, 4) is 0 Å². The normalized spacial score (nSPS) is 17.0. The lowest BCUT2D eigenvalue weighted by Crippen LogP contribution is -2.44. The highest BCUT2D eigenvalue weighted by atomic mass is 19.4. The van der Waals surface area contributed by atoms with E-state index in [0.29, 0.717) is 38.4 Å². The predicted octanol–water partition coefficient (Wildman–Crippen LogP) is 4.66. The average Bonchev–Trinajstić information content (AvgIpc) is 2.98. The molecule has 1 aromatic carbocycles. The SMILES string of the molecule is CC(C(=O)Nc1ccccc1C(F)(F)F)N1CCCN(c2ccc(C(F)(F)F)cn2)CC1. The first-order chi connectivity index (χ1) is 15.0. The highest BCUT2D eigenvalue weighted by Crippen LogP contribution is 2.34. The number of para-hydroxylation sites is 1. The van der Waals surface area contributed by atoms with Crippen molar-refractivity contribution in [1.82, 2.24) is 9.88 Å². The van der Waals surface area contributed by atoms with E-state index in [0.717, 1.165) is 18.3 Å². The molecule has 1 unspecified atom stereocenters. The van der Waals surface area contributed by atoms with Crippen LogP contribution >= 0.6 is 0 Å². The van der Waals surface area contributed by atoms with Crippen molar-refractivity contribution < 1.29 is 31.1 Å². The molecule has 3 rings (SSSR count). The summed E-state index contributed by atoms with van der Waals surface area (Å²) in [6.07, 6.45) is -7.66. The summed E-state index contributed by atoms with van der Waals surface area (Å²) < 4.78 is 77.7. The van der Waals surface area contributed by atoms with Gasteiger partial charge in [0.25, 0.3) is 0 Å². The number of anilines is 2. The van der Waals surface area contributed by atoms with Gasteiger partial charge in [-0.05, 0) is 37.6 Å². The molecule has 174 valence electrons. The number of pyridine rings is 1. The van der Waals surface area contributed by atoms with Gasteiger partial charge in [-0.25, -0.2) is 4.98 Å². The molecular weight excluding hydrogens is 438 g/mol. The molecule has 2 heterocycles. The molecule has 1 aliphatic heterocycles. The van der Waals surface area contributed by atoms with E-state index in [1.165, 1.54) is 24.3 Å². The van der Waals surface area contributed by atoms with Crippen LogP contribution in [0, 0.1) is 0 Å². The van der Waals surface area contributed by atoms with Crippen molar-refractivity contribution in [1.29, 1.82) is 0 Å². The Balaban J connectivity index is 1.63. The summed E-state index contributed by atoms with van der Waals surface area (Å²) in [6, 6.07) is 6.35. The Morgan fingerprint density at radius 2 is 1.69 bits per heavy atom. The number of nitrogens with one attached hydrogen (secondary N) is 1. The fourth-order valence-corrected chi connectivity index (χ4v) is 3.54. The van der Waals surface area contributed by atoms with Crippen molar-refractivity contribution in [2.24, 2.45) is 0 Å². The third kappa shape index (κ3) is 5.70. The zero-order valence-corrected chi connectivity index (χ0v) is 17.2. The maximum atomic E-state index is 13.2. The summed E-state index contributed by atoms with van der Waals surface area (Å²) in [6.45, 7) is 3.46. The lowest BCUT2D eigenvalue weighted by molar-refractivity contribution is -0.138. The first kappa shape index (κ1) is 23.8. The van der Waals surface area contributed by atoms with Crippen LogP contribution in [-0.4, -0.2) is 48.0 Å². The molecular formula is C21H22F6N4O. The topological polar surface area (TPSA) is 48.5 Å². The molecule has 1 saturated heterocycles. The Morgan fingerprint density at radius 3 is 2.31 bits per heavy atom. The monoisotopic (exact) mass is 460 g/mol. The van der Waals surface area contributed by atoms with Crippen LogP contribution in [0.2, 0.25) is 0 Å². The summed E-state index contributed by atoms with van der Waals surface area (Å²) in [4.78, 5) is 20.2. The van der Waals surface area contributed by atoms with E-state index in [1.807, 2.05) is 9.80 Å². The van der Waals surface area contributed by atoms with Crippen LogP contribution in [0.3, 0.4) is 0 Å². The maximum Gasteiger partial charge on any atom is 0.418 e. The first-order valence-electron chi connectivity index (χ1n) is 9.96. The highest BCUT2D eigenvalue weighted by molar-refractivity contribution is 5.95. The molecule has 1 fully saturated rings. The minimum absolute atomic E-state index is 0.303. The molecule has 32 heavy (non-hydrogen) atoms. The number of rotatable bonds is 4. The minimum Gasteiger partial charge on any atom is -0.355 e. The number of aromatic nitrogens is 1. The molecule has 11 heteroatoms. The Hall–Kier alpha value is -2.82. The van der Waals surface area contributed by atoms with Crippen molar-refractivity contribution in [2.75, 3.05) is 36.4 Å². The Bertz CT molecular complexity index is 929. The van der Waals surface area contributed by atoms with E-state index in [-0.39, 0.29) is 5.69 Å². The van der Waals surface area contributed by atoms with Crippen molar-refractivity contribution >= 4 is 17.4 Å². The lowest BCUT2D eigenvalue weighted by atomic mass is 10.1. The summed E-state index contributed by atoms with van der Waals surface area (Å²) >= 11 is 0. The second kappa shape index (κ2) is 9.35. The smallest absolute Gasteiger partial charge is 0.355 e. The zero-order valence-electron chi connectivity index (χ0n) is 17.2. The van der Waals surface area contributed by atoms with E-state index in [4.69, 9.17) is 0 Å². The van der Waals surface area contributed by atoms with Gasteiger partial charge in [0.1, 0.15) is 5.82 Å². The molecule has 1 aromatic heterocycles. The largest absolute Gasteiger partial charge is 0.418 e. The standard InChI is InChI=1S/C21H22F6N4O/c1-14(19(32)29-17-6-3-2-5-16(17)21(25,26)27)30-9-4-10-31(12-11-30)18-8-7-15(13-28-18)20(22,23)24/h2-3,5-8,13-14H,4,9-12H2,1H3,(H,29,32). The van der Waals surface area contributed by atoms with Gasteiger partial charge < -0.3 is 10.2 Å². The second-order valence-electron chi connectivity index (χ2n) is 7.49. The average molecular weight is 460 g/mol. The first-order valence-corrected chi connectivity index (χ1v) is 9.96. The number of alkyl halides is 6. The van der Waals surface area contributed by atoms with Gasteiger partial charge in [0.15, 0.2) is 0 Å². The van der Waals surface area contributed by atoms with Gasteiger partial charge in [-0.3, -0.25) is 9.69 Å². The summed E-state index contributed by atoms with van der Waals surface area (Å²) in [7, 11) is 0. The maximum absolute atomic E-state index is 13.2. The molecule has 0 radical (unpaired) electrons. The molecule has 1 aliphatic rings. The van der Waals surface area contributed by atoms with Crippen molar-refractivity contribution in [2.45, 2.75) is 31.7 Å². The summed E-state index contributed by atoms with van der Waals surface area (Å²) in [5.74, 6) is -0.168. The molecule has 5 nitrogen and oxygen atoms in total. The predicted molar refractivity (Wildman–Crippen MR) is 107 cm³/mol. The lowest BCUT2D eigenvalue weighted by Gasteiger charge is -2.27. The summed E-state index contributed by atoms with van der Waals surface area (Å²) in [5, 5.41) is 2.36. The van der Waals surface area contributed by atoms with Crippen LogP contribution in [0.25, 0.3) is 0 Å². The third-order valence-electron chi connectivity index (χ3n) is 5.35. The molecule has 1 amide bonds. The minimum atomic E-state index is -4.59. The number of nitrogens with zero attached hydrogens (tertiary/aromatic N) is 3. The molecule has 2 aromatic rings. The van der Waals surface area contributed by atoms with Crippen molar-refractivity contribution in [3.05, 3.63) is 53.7 Å². The second-order valence-corrected chi connectivity index (χ2v) is 7.49. The Kier molecular flexibility index (Phi) is 6.97. The van der Waals surface area contributed by atoms with Crippen LogP contribution in [0.15, 0.2) is 42.6 Å². The fraction of sp³-hybridized carbons (Fsp3) is 0.429. The summed E-state index contributed by atoms with van der Waals surface area (Å²) in [5.41, 5.74) is -2.06. The number of carbonyl (C=O) groups excluding carboxylic acids is 1. The number of carbonyl (C=O) groups is 1. The van der Waals surface area contributed by atoms with Gasteiger partial charge in [0.2, 0.25) is 5.91 Å². The Labute approximate surface area is 181 Å². The number of hydrogen-bond donors (Lipinski definition) is 1. The van der Waals surface area contributed by atoms with Gasteiger partial charge in [-0.1, -0.05) is 12.1 Å². The highest BCUT2D eigenvalue weighted by Gasteiger charge is 2.34. The van der Waals surface area contributed by atoms with E-state index < -0.39 is 35.4 Å². The van der Waals surface area contributed by atoms with Crippen molar-refractivity contribution in [3.63, 3.8) is 0 Å². The van der Waals surface area contributed by atoms with E-state index in [9.17, 15) is 31.1 Å². The zero-order chi connectivity index (χ0) is 23.5. The van der Waals surface area contributed by atoms with Crippen LogP contribution < -0.4 is 10.2 Å². The van der Waals surface area contributed by atoms with E-state index in [1.54, 1.807) is 6.92 Å². The molecule has 1 atom stereocenters. The molecule has 1 N–H and O–H groups in total. The van der Waals surface area contributed by atoms with E-state index in [2.05, 4.69) is 10.3 Å².